The van der Waals surface area contributed by atoms with Crippen LogP contribution in [0.2, 0.25) is 0 Å². The third-order valence-electron chi connectivity index (χ3n) is 5.23. The first-order chi connectivity index (χ1) is 12.8. The van der Waals surface area contributed by atoms with Crippen molar-refractivity contribution in [2.45, 2.75) is 18.9 Å². The molecule has 1 amide bonds. The van der Waals surface area contributed by atoms with E-state index in [1.54, 1.807) is 0 Å². The minimum absolute atomic E-state index is 0.0149. The van der Waals surface area contributed by atoms with Crippen LogP contribution in [0.25, 0.3) is 21.8 Å². The summed E-state index contributed by atoms with van der Waals surface area (Å²) >= 11 is 0. The Morgan fingerprint density at radius 3 is 2.46 bits per heavy atom. The lowest BCUT2D eigenvalue weighted by atomic mass is 10.2. The molecule has 130 valence electrons. The fourth-order valence-corrected chi connectivity index (χ4v) is 3.85. The maximum atomic E-state index is 12.4. The fraction of sp³-hybridized carbons (Fsp3) is 0.250. The number of para-hydroxylation sites is 2. The number of aromatic amines is 1. The zero-order valence-corrected chi connectivity index (χ0v) is 14.2. The number of nitrogens with one attached hydrogen (secondary N) is 2. The molecule has 26 heavy (non-hydrogen) atoms. The molecule has 4 aromatic rings. The van der Waals surface area contributed by atoms with Gasteiger partial charge in [-0.1, -0.05) is 36.4 Å². The maximum Gasteiger partial charge on any atom is 0.223 e. The van der Waals surface area contributed by atoms with Gasteiger partial charge in [-0.25, -0.2) is 4.98 Å². The molecule has 2 aromatic carbocycles. The van der Waals surface area contributed by atoms with Gasteiger partial charge in [-0.15, -0.1) is 0 Å². The van der Waals surface area contributed by atoms with Crippen molar-refractivity contribution < 1.29 is 4.79 Å². The average molecular weight is 345 g/mol. The van der Waals surface area contributed by atoms with Crippen molar-refractivity contribution in [3.8, 4) is 0 Å². The molecule has 0 spiro atoms. The van der Waals surface area contributed by atoms with Crippen LogP contribution in [0, 0.1) is 5.92 Å². The van der Waals surface area contributed by atoms with E-state index in [2.05, 4.69) is 73.6 Å². The van der Waals surface area contributed by atoms with Crippen LogP contribution in [-0.4, -0.2) is 32.2 Å². The van der Waals surface area contributed by atoms with E-state index in [-0.39, 0.29) is 17.7 Å². The Morgan fingerprint density at radius 1 is 1.12 bits per heavy atom. The number of rotatable bonds is 5. The number of hydrogen-bond donors (Lipinski definition) is 2. The number of carbonyl (C=O) groups excluding carboxylic acids is 1. The number of amides is 1. The summed E-state index contributed by atoms with van der Waals surface area (Å²) in [7, 11) is 0. The van der Waals surface area contributed by atoms with Gasteiger partial charge in [0, 0.05) is 46.7 Å². The van der Waals surface area contributed by atoms with Gasteiger partial charge in [0.15, 0.2) is 0 Å². The van der Waals surface area contributed by atoms with E-state index in [9.17, 15) is 4.79 Å². The molecule has 0 aliphatic heterocycles. The van der Waals surface area contributed by atoms with Crippen molar-refractivity contribution in [2.24, 2.45) is 5.92 Å². The molecule has 0 radical (unpaired) electrons. The molecule has 2 heterocycles. The predicted octanol–water partition coefficient (Wildman–Crippen LogP) is 2.83. The molecular formula is C20H19N5O. The van der Waals surface area contributed by atoms with E-state index in [4.69, 9.17) is 0 Å². The lowest BCUT2D eigenvalue weighted by Crippen LogP contribution is -2.28. The Kier molecular flexibility index (Phi) is 3.48. The average Bonchev–Trinajstić information content (AvgIpc) is 3.17. The van der Waals surface area contributed by atoms with Gasteiger partial charge in [0.2, 0.25) is 5.91 Å². The zero-order chi connectivity index (χ0) is 17.5. The van der Waals surface area contributed by atoms with E-state index < -0.39 is 0 Å². The summed E-state index contributed by atoms with van der Waals surface area (Å²) in [5, 5.41) is 12.3. The quantitative estimate of drug-likeness (QED) is 0.584. The second-order valence-corrected chi connectivity index (χ2v) is 6.80. The summed E-state index contributed by atoms with van der Waals surface area (Å²) in [6.45, 7) is 1.36. The third kappa shape index (κ3) is 2.45. The molecule has 2 N–H and O–H groups in total. The standard InChI is InChI=1S/C20H19N5O/c26-20(16-11-15(16)19-22-12-23-24-19)21-9-10-25-17-7-3-1-5-13(17)14-6-2-4-8-18(14)25/h1-8,12,15-16H,9-11H2,(H,21,26)(H,22,23,24)/t15-,16-/m1/s1. The highest BCUT2D eigenvalue weighted by molar-refractivity contribution is 6.07. The molecule has 0 saturated heterocycles. The van der Waals surface area contributed by atoms with Gasteiger partial charge in [-0.3, -0.25) is 9.89 Å². The topological polar surface area (TPSA) is 75.6 Å². The first kappa shape index (κ1) is 15.1. The van der Waals surface area contributed by atoms with E-state index in [0.717, 1.165) is 18.8 Å². The maximum absolute atomic E-state index is 12.4. The summed E-state index contributed by atoms with van der Waals surface area (Å²) in [5.41, 5.74) is 2.41. The van der Waals surface area contributed by atoms with Gasteiger partial charge < -0.3 is 9.88 Å². The molecule has 0 unspecified atom stereocenters. The lowest BCUT2D eigenvalue weighted by Gasteiger charge is -2.09. The molecule has 6 nitrogen and oxygen atoms in total. The Bertz CT molecular complexity index is 1030. The Labute approximate surface area is 150 Å². The number of benzene rings is 2. The highest BCUT2D eigenvalue weighted by atomic mass is 16.2. The van der Waals surface area contributed by atoms with E-state index >= 15 is 0 Å². The molecule has 1 saturated carbocycles. The van der Waals surface area contributed by atoms with Crippen LogP contribution < -0.4 is 5.32 Å². The molecule has 2 atom stereocenters. The van der Waals surface area contributed by atoms with E-state index in [1.807, 2.05) is 0 Å². The number of nitrogens with zero attached hydrogens (tertiary/aromatic N) is 3. The summed E-state index contributed by atoms with van der Waals surface area (Å²) in [6, 6.07) is 16.8. The SMILES string of the molecule is O=C(NCCn1c2ccccc2c2ccccc21)[C@@H]1C[C@H]1c1ncn[nH]1. The number of fused-ring (bicyclic) bond motifs is 3. The van der Waals surface area contributed by atoms with Crippen molar-refractivity contribution in [1.29, 1.82) is 0 Å². The van der Waals surface area contributed by atoms with Crippen LogP contribution in [0.15, 0.2) is 54.9 Å². The van der Waals surface area contributed by atoms with Gasteiger partial charge >= 0.3 is 0 Å². The van der Waals surface area contributed by atoms with Crippen molar-refractivity contribution in [3.05, 3.63) is 60.7 Å². The number of H-pyrrole nitrogens is 1. The Morgan fingerprint density at radius 2 is 1.81 bits per heavy atom. The smallest absolute Gasteiger partial charge is 0.223 e. The van der Waals surface area contributed by atoms with Crippen molar-refractivity contribution in [1.82, 2.24) is 25.1 Å². The minimum atomic E-state index is 0.0149. The van der Waals surface area contributed by atoms with Crippen LogP contribution in [-0.2, 0) is 11.3 Å². The van der Waals surface area contributed by atoms with Crippen LogP contribution in [0.4, 0.5) is 0 Å². The van der Waals surface area contributed by atoms with E-state index in [0.29, 0.717) is 6.54 Å². The second kappa shape index (κ2) is 5.98. The molecule has 5 rings (SSSR count). The monoisotopic (exact) mass is 345 g/mol. The van der Waals surface area contributed by atoms with Crippen LogP contribution >= 0.6 is 0 Å². The lowest BCUT2D eigenvalue weighted by molar-refractivity contribution is -0.122. The summed E-state index contributed by atoms with van der Waals surface area (Å²) in [4.78, 5) is 16.5. The first-order valence-corrected chi connectivity index (χ1v) is 8.92. The summed E-state index contributed by atoms with van der Waals surface area (Å²) in [5.74, 6) is 1.12. The molecule has 6 heteroatoms. The molecule has 1 fully saturated rings. The second-order valence-electron chi connectivity index (χ2n) is 6.80. The predicted molar refractivity (Wildman–Crippen MR) is 99.7 cm³/mol. The first-order valence-electron chi connectivity index (χ1n) is 8.92. The minimum Gasteiger partial charge on any atom is -0.354 e. The highest BCUT2D eigenvalue weighted by Crippen LogP contribution is 2.45. The van der Waals surface area contributed by atoms with Gasteiger partial charge in [0.25, 0.3) is 0 Å². The van der Waals surface area contributed by atoms with Crippen molar-refractivity contribution in [2.75, 3.05) is 6.54 Å². The molecule has 1 aliphatic rings. The normalized spacial score (nSPS) is 19.1. The van der Waals surface area contributed by atoms with Gasteiger partial charge in [0.1, 0.15) is 12.2 Å². The molecular weight excluding hydrogens is 326 g/mol. The van der Waals surface area contributed by atoms with Crippen LogP contribution in [0.3, 0.4) is 0 Å². The Hall–Kier alpha value is -3.15. The number of aromatic nitrogens is 4. The Balaban J connectivity index is 1.31. The fourth-order valence-electron chi connectivity index (χ4n) is 3.85. The summed E-state index contributed by atoms with van der Waals surface area (Å²) < 4.78 is 2.28. The summed E-state index contributed by atoms with van der Waals surface area (Å²) in [6.07, 6.45) is 2.33. The van der Waals surface area contributed by atoms with Crippen LogP contribution in [0.5, 0.6) is 0 Å². The van der Waals surface area contributed by atoms with Gasteiger partial charge in [-0.2, -0.15) is 5.10 Å². The zero-order valence-electron chi connectivity index (χ0n) is 14.2. The van der Waals surface area contributed by atoms with E-state index in [1.165, 1.54) is 28.1 Å². The largest absolute Gasteiger partial charge is 0.354 e. The van der Waals surface area contributed by atoms with Gasteiger partial charge in [0.05, 0.1) is 0 Å². The van der Waals surface area contributed by atoms with Crippen LogP contribution in [0.1, 0.15) is 18.2 Å². The van der Waals surface area contributed by atoms with Crippen molar-refractivity contribution in [3.63, 3.8) is 0 Å². The number of carbonyl (C=O) groups is 1. The molecule has 1 aliphatic carbocycles. The molecule has 0 bridgehead atoms. The number of hydrogen-bond acceptors (Lipinski definition) is 3. The van der Waals surface area contributed by atoms with Crippen molar-refractivity contribution >= 4 is 27.7 Å². The highest BCUT2D eigenvalue weighted by Gasteiger charge is 2.45. The van der Waals surface area contributed by atoms with Gasteiger partial charge in [-0.05, 0) is 18.6 Å². The molecule has 2 aromatic heterocycles. The third-order valence-corrected chi connectivity index (χ3v) is 5.23.